The zero-order chi connectivity index (χ0) is 13.3. The lowest BCUT2D eigenvalue weighted by atomic mass is 10.0. The van der Waals surface area contributed by atoms with E-state index in [0.717, 1.165) is 0 Å². The zero-order valence-corrected chi connectivity index (χ0v) is 10.8. The highest BCUT2D eigenvalue weighted by Gasteiger charge is 2.34. The number of morpholine rings is 1. The summed E-state index contributed by atoms with van der Waals surface area (Å²) in [6, 6.07) is 2.65. The van der Waals surface area contributed by atoms with Crippen molar-refractivity contribution in [2.75, 3.05) is 13.1 Å². The maximum absolute atomic E-state index is 12.7. The first-order valence-electron chi connectivity index (χ1n) is 5.96. The van der Waals surface area contributed by atoms with Crippen molar-refractivity contribution in [3.05, 3.63) is 29.8 Å². The smallest absolute Gasteiger partial charge is 0.255 e. The Bertz CT molecular complexity index is 445. The number of carbonyl (C=O) groups excluding carboxylic acids is 1. The number of amides is 1. The molecule has 1 amide bonds. The Morgan fingerprint density at radius 3 is 2.83 bits per heavy atom. The summed E-state index contributed by atoms with van der Waals surface area (Å²) in [6.07, 6.45) is 1.26. The van der Waals surface area contributed by atoms with Gasteiger partial charge in [-0.05, 0) is 32.9 Å². The Morgan fingerprint density at radius 1 is 1.56 bits per heavy atom. The summed E-state index contributed by atoms with van der Waals surface area (Å²) in [7, 11) is 0. The van der Waals surface area contributed by atoms with Gasteiger partial charge in [0.15, 0.2) is 0 Å². The highest BCUT2D eigenvalue weighted by atomic mass is 19.1. The van der Waals surface area contributed by atoms with Gasteiger partial charge >= 0.3 is 0 Å². The van der Waals surface area contributed by atoms with Crippen LogP contribution in [0.15, 0.2) is 18.3 Å². The monoisotopic (exact) mass is 252 g/mol. The maximum Gasteiger partial charge on any atom is 0.255 e. The van der Waals surface area contributed by atoms with Gasteiger partial charge < -0.3 is 9.64 Å². The summed E-state index contributed by atoms with van der Waals surface area (Å²) in [4.78, 5) is 17.5. The number of nitrogens with zero attached hydrogens (tertiary/aromatic N) is 2. The number of hydrogen-bond donors (Lipinski definition) is 0. The Kier molecular flexibility index (Phi) is 3.34. The predicted molar refractivity (Wildman–Crippen MR) is 64.7 cm³/mol. The third-order valence-corrected chi connectivity index (χ3v) is 2.83. The van der Waals surface area contributed by atoms with Crippen molar-refractivity contribution in [1.29, 1.82) is 0 Å². The second-order valence-electron chi connectivity index (χ2n) is 5.24. The lowest BCUT2D eigenvalue weighted by Crippen LogP contribution is -2.53. The number of ether oxygens (including phenoxy) is 1. The van der Waals surface area contributed by atoms with E-state index in [1.807, 2.05) is 20.8 Å². The summed E-state index contributed by atoms with van der Waals surface area (Å²) in [5.41, 5.74) is 0.0436. The van der Waals surface area contributed by atoms with Crippen LogP contribution in [0.4, 0.5) is 4.39 Å². The van der Waals surface area contributed by atoms with Gasteiger partial charge in [0.25, 0.3) is 5.91 Å². The number of carbonyl (C=O) groups is 1. The third kappa shape index (κ3) is 2.85. The lowest BCUT2D eigenvalue weighted by Gasteiger charge is -2.41. The van der Waals surface area contributed by atoms with Crippen molar-refractivity contribution in [3.8, 4) is 0 Å². The van der Waals surface area contributed by atoms with Crippen LogP contribution in [0, 0.1) is 5.95 Å². The van der Waals surface area contributed by atoms with Gasteiger partial charge in [-0.25, -0.2) is 4.98 Å². The summed E-state index contributed by atoms with van der Waals surface area (Å²) in [6.45, 7) is 6.90. The Morgan fingerprint density at radius 2 is 2.28 bits per heavy atom. The molecule has 2 rings (SSSR count). The van der Waals surface area contributed by atoms with Gasteiger partial charge in [0.2, 0.25) is 5.95 Å². The lowest BCUT2D eigenvalue weighted by molar-refractivity contribution is -0.118. The van der Waals surface area contributed by atoms with Gasteiger partial charge in [0.05, 0.1) is 17.3 Å². The Labute approximate surface area is 106 Å². The molecule has 0 aromatic carbocycles. The molecular formula is C13H17FN2O2. The molecule has 18 heavy (non-hydrogen) atoms. The van der Waals surface area contributed by atoms with Crippen LogP contribution in [0.2, 0.25) is 0 Å². The van der Waals surface area contributed by atoms with Gasteiger partial charge in [0, 0.05) is 19.3 Å². The van der Waals surface area contributed by atoms with E-state index in [0.29, 0.717) is 18.7 Å². The molecule has 2 heterocycles. The average Bonchev–Trinajstić information content (AvgIpc) is 2.26. The van der Waals surface area contributed by atoms with E-state index in [9.17, 15) is 9.18 Å². The number of pyridine rings is 1. The van der Waals surface area contributed by atoms with Gasteiger partial charge in [-0.3, -0.25) is 4.79 Å². The fourth-order valence-electron chi connectivity index (χ4n) is 2.29. The first-order valence-corrected chi connectivity index (χ1v) is 5.96. The zero-order valence-electron chi connectivity index (χ0n) is 10.8. The van der Waals surface area contributed by atoms with E-state index >= 15 is 0 Å². The van der Waals surface area contributed by atoms with E-state index in [4.69, 9.17) is 4.74 Å². The van der Waals surface area contributed by atoms with Crippen LogP contribution in [-0.2, 0) is 4.74 Å². The summed E-state index contributed by atoms with van der Waals surface area (Å²) in [5, 5.41) is 0. The second-order valence-corrected chi connectivity index (χ2v) is 5.24. The van der Waals surface area contributed by atoms with Crippen molar-refractivity contribution < 1.29 is 13.9 Å². The molecule has 0 saturated carbocycles. The standard InChI is InChI=1S/C13H17FN2O2/c1-9-7-16(8-13(2,3)18-9)12(17)10-4-5-11(14)15-6-10/h4-6,9H,7-8H2,1-3H3. The van der Waals surface area contributed by atoms with Crippen molar-refractivity contribution in [2.24, 2.45) is 0 Å². The topological polar surface area (TPSA) is 42.4 Å². The van der Waals surface area contributed by atoms with Gasteiger partial charge in [-0.15, -0.1) is 0 Å². The fourth-order valence-corrected chi connectivity index (χ4v) is 2.29. The molecule has 1 saturated heterocycles. The van der Waals surface area contributed by atoms with Crippen LogP contribution in [-0.4, -0.2) is 40.6 Å². The molecular weight excluding hydrogens is 235 g/mol. The normalized spacial score (nSPS) is 22.9. The van der Waals surface area contributed by atoms with E-state index in [1.54, 1.807) is 4.90 Å². The van der Waals surface area contributed by atoms with Crippen molar-refractivity contribution in [3.63, 3.8) is 0 Å². The molecule has 0 aliphatic carbocycles. The van der Waals surface area contributed by atoms with E-state index < -0.39 is 5.95 Å². The molecule has 0 bridgehead atoms. The molecule has 5 heteroatoms. The molecule has 1 aromatic rings. The van der Waals surface area contributed by atoms with Crippen molar-refractivity contribution >= 4 is 5.91 Å². The van der Waals surface area contributed by atoms with E-state index in [-0.39, 0.29) is 17.6 Å². The van der Waals surface area contributed by atoms with Crippen LogP contribution in [0.25, 0.3) is 0 Å². The molecule has 0 N–H and O–H groups in total. The highest BCUT2D eigenvalue weighted by molar-refractivity contribution is 5.94. The van der Waals surface area contributed by atoms with E-state index in [1.165, 1.54) is 18.3 Å². The minimum Gasteiger partial charge on any atom is -0.369 e. The molecule has 1 unspecified atom stereocenters. The van der Waals surface area contributed by atoms with Crippen LogP contribution in [0.5, 0.6) is 0 Å². The van der Waals surface area contributed by atoms with Crippen LogP contribution < -0.4 is 0 Å². The van der Waals surface area contributed by atoms with Crippen LogP contribution in [0.1, 0.15) is 31.1 Å². The number of halogens is 1. The molecule has 4 nitrogen and oxygen atoms in total. The quantitative estimate of drug-likeness (QED) is 0.716. The Hall–Kier alpha value is -1.49. The molecule has 1 aromatic heterocycles. The molecule has 0 radical (unpaired) electrons. The van der Waals surface area contributed by atoms with Crippen LogP contribution in [0.3, 0.4) is 0 Å². The number of rotatable bonds is 1. The highest BCUT2D eigenvalue weighted by Crippen LogP contribution is 2.22. The van der Waals surface area contributed by atoms with Gasteiger partial charge in [0.1, 0.15) is 0 Å². The fraction of sp³-hybridized carbons (Fsp3) is 0.538. The number of hydrogen-bond acceptors (Lipinski definition) is 3. The molecule has 1 aliphatic rings. The summed E-state index contributed by atoms with van der Waals surface area (Å²) in [5.74, 6) is -0.715. The first kappa shape index (κ1) is 13.0. The molecule has 1 fully saturated rings. The molecule has 1 atom stereocenters. The predicted octanol–water partition coefficient (Wildman–Crippen LogP) is 1.86. The van der Waals surface area contributed by atoms with Gasteiger partial charge in [-0.2, -0.15) is 4.39 Å². The summed E-state index contributed by atoms with van der Waals surface area (Å²) < 4.78 is 18.5. The number of aromatic nitrogens is 1. The van der Waals surface area contributed by atoms with Gasteiger partial charge in [-0.1, -0.05) is 0 Å². The first-order chi connectivity index (χ1) is 8.37. The largest absolute Gasteiger partial charge is 0.369 e. The molecule has 0 spiro atoms. The second kappa shape index (κ2) is 4.65. The Balaban J connectivity index is 2.16. The summed E-state index contributed by atoms with van der Waals surface area (Å²) >= 11 is 0. The van der Waals surface area contributed by atoms with Crippen molar-refractivity contribution in [2.45, 2.75) is 32.5 Å². The SMILES string of the molecule is CC1CN(C(=O)c2ccc(F)nc2)CC(C)(C)O1. The minimum atomic E-state index is -0.581. The maximum atomic E-state index is 12.7. The minimum absolute atomic E-state index is 0.00823. The van der Waals surface area contributed by atoms with Crippen LogP contribution >= 0.6 is 0 Å². The van der Waals surface area contributed by atoms with Crippen molar-refractivity contribution in [1.82, 2.24) is 9.88 Å². The molecule has 98 valence electrons. The average molecular weight is 252 g/mol. The molecule has 1 aliphatic heterocycles. The third-order valence-electron chi connectivity index (χ3n) is 2.83. The van der Waals surface area contributed by atoms with E-state index in [2.05, 4.69) is 4.98 Å².